The average molecular weight is 374 g/mol. The van der Waals surface area contributed by atoms with Crippen LogP contribution in [-0.4, -0.2) is 49.2 Å². The van der Waals surface area contributed by atoms with E-state index in [1.54, 1.807) is 17.9 Å². The van der Waals surface area contributed by atoms with Crippen LogP contribution in [0.3, 0.4) is 0 Å². The predicted octanol–water partition coefficient (Wildman–Crippen LogP) is 2.16. The number of hydrogen-bond acceptors (Lipinski definition) is 8. The van der Waals surface area contributed by atoms with Crippen LogP contribution in [0.25, 0.3) is 0 Å². The van der Waals surface area contributed by atoms with Crippen molar-refractivity contribution in [3.63, 3.8) is 0 Å². The summed E-state index contributed by atoms with van der Waals surface area (Å²) in [6.45, 7) is 1.94. The summed E-state index contributed by atoms with van der Waals surface area (Å²) in [5.74, 6) is 1.47. The molecule has 3 rings (SSSR count). The fourth-order valence-corrected chi connectivity index (χ4v) is 3.27. The number of esters is 1. The van der Waals surface area contributed by atoms with E-state index in [0.717, 1.165) is 0 Å². The highest BCUT2D eigenvalue weighted by Crippen LogP contribution is 2.46. The second kappa shape index (κ2) is 7.56. The van der Waals surface area contributed by atoms with Crippen molar-refractivity contribution in [2.45, 2.75) is 19.4 Å². The van der Waals surface area contributed by atoms with Gasteiger partial charge in [-0.15, -0.1) is 0 Å². The number of carbonyl (C=O) groups is 1. The van der Waals surface area contributed by atoms with Crippen LogP contribution in [0.4, 0.5) is 5.95 Å². The van der Waals surface area contributed by atoms with Crippen LogP contribution in [0, 0.1) is 0 Å². The number of anilines is 1. The number of nitrogens with one attached hydrogen (secondary N) is 1. The Balaban J connectivity index is 2.30. The molecular weight excluding hydrogens is 352 g/mol. The van der Waals surface area contributed by atoms with Crippen LogP contribution in [0.5, 0.6) is 17.2 Å². The monoisotopic (exact) mass is 374 g/mol. The Morgan fingerprint density at radius 3 is 2.48 bits per heavy atom. The molecule has 0 saturated heterocycles. The Hall–Kier alpha value is -3.23. The minimum Gasteiger partial charge on any atom is -0.493 e. The highest BCUT2D eigenvalue weighted by Gasteiger charge is 2.37. The molecule has 1 atom stereocenters. The highest BCUT2D eigenvalue weighted by molar-refractivity contribution is 5.92. The molecule has 1 N–H and O–H groups in total. The van der Waals surface area contributed by atoms with E-state index in [4.69, 9.17) is 18.9 Å². The Bertz CT molecular complexity index is 890. The molecule has 1 aliphatic heterocycles. The van der Waals surface area contributed by atoms with Crippen molar-refractivity contribution < 1.29 is 23.7 Å². The second-order valence-electron chi connectivity index (χ2n) is 5.72. The van der Waals surface area contributed by atoms with Gasteiger partial charge in [-0.1, -0.05) is 6.92 Å². The summed E-state index contributed by atoms with van der Waals surface area (Å²) in [5, 5.41) is 7.45. The second-order valence-corrected chi connectivity index (χ2v) is 5.72. The maximum absolute atomic E-state index is 12.7. The summed E-state index contributed by atoms with van der Waals surface area (Å²) in [6.07, 6.45) is 2.01. The number of methoxy groups -OCH3 is 4. The Kier molecular flexibility index (Phi) is 5.20. The van der Waals surface area contributed by atoms with E-state index in [1.165, 1.54) is 27.7 Å². The maximum atomic E-state index is 12.7. The van der Waals surface area contributed by atoms with E-state index in [2.05, 4.69) is 15.4 Å². The first-order valence-electron chi connectivity index (χ1n) is 8.37. The third-order valence-electron chi connectivity index (χ3n) is 4.47. The minimum atomic E-state index is -0.596. The van der Waals surface area contributed by atoms with Gasteiger partial charge in [-0.05, 0) is 18.6 Å². The van der Waals surface area contributed by atoms with Crippen LogP contribution in [0.15, 0.2) is 29.7 Å². The summed E-state index contributed by atoms with van der Waals surface area (Å²) in [4.78, 5) is 16.9. The van der Waals surface area contributed by atoms with Crippen LogP contribution in [-0.2, 0) is 9.53 Å². The van der Waals surface area contributed by atoms with Gasteiger partial charge in [0.05, 0.1) is 34.0 Å². The van der Waals surface area contributed by atoms with Crippen molar-refractivity contribution in [1.82, 2.24) is 14.8 Å². The van der Waals surface area contributed by atoms with Gasteiger partial charge in [0.15, 0.2) is 11.5 Å². The lowest BCUT2D eigenvalue weighted by Crippen LogP contribution is -2.30. The first-order chi connectivity index (χ1) is 13.1. The smallest absolute Gasteiger partial charge is 0.338 e. The molecule has 9 nitrogen and oxygen atoms in total. The van der Waals surface area contributed by atoms with E-state index in [-0.39, 0.29) is 0 Å². The number of nitrogens with zero attached hydrogens (tertiary/aromatic N) is 3. The zero-order valence-corrected chi connectivity index (χ0v) is 15.9. The van der Waals surface area contributed by atoms with Crippen LogP contribution < -0.4 is 19.5 Å². The van der Waals surface area contributed by atoms with E-state index in [9.17, 15) is 4.79 Å². The predicted molar refractivity (Wildman–Crippen MR) is 97.2 cm³/mol. The van der Waals surface area contributed by atoms with Gasteiger partial charge in [-0.25, -0.2) is 9.48 Å². The summed E-state index contributed by atoms with van der Waals surface area (Å²) >= 11 is 0. The van der Waals surface area contributed by atoms with Gasteiger partial charge < -0.3 is 24.3 Å². The molecule has 0 bridgehead atoms. The molecule has 9 heteroatoms. The number of aromatic nitrogens is 3. The zero-order valence-electron chi connectivity index (χ0n) is 15.9. The van der Waals surface area contributed by atoms with E-state index >= 15 is 0 Å². The van der Waals surface area contributed by atoms with Crippen LogP contribution in [0.2, 0.25) is 0 Å². The third-order valence-corrected chi connectivity index (χ3v) is 4.47. The molecule has 2 heterocycles. The Morgan fingerprint density at radius 2 is 1.89 bits per heavy atom. The van der Waals surface area contributed by atoms with Gasteiger partial charge in [-0.3, -0.25) is 0 Å². The standard InChI is InChI=1S/C18H22N4O5/c1-6-11-13(17(23)27-5)14(22-18(21-11)19-9-20-22)10-7-8-12(24-2)16(26-4)15(10)25-3/h7-9,14H,6H2,1-5H3,(H,19,20,21)/t14-/m0/s1. The summed E-state index contributed by atoms with van der Waals surface area (Å²) in [6, 6.07) is 2.98. The van der Waals surface area contributed by atoms with Gasteiger partial charge in [0, 0.05) is 11.3 Å². The molecule has 0 amide bonds. The van der Waals surface area contributed by atoms with Crippen molar-refractivity contribution in [1.29, 1.82) is 0 Å². The molecule has 1 aromatic heterocycles. The molecule has 27 heavy (non-hydrogen) atoms. The lowest BCUT2D eigenvalue weighted by Gasteiger charge is -2.30. The fraction of sp³-hybridized carbons (Fsp3) is 0.389. The van der Waals surface area contributed by atoms with Crippen molar-refractivity contribution in [2.24, 2.45) is 0 Å². The molecule has 0 saturated carbocycles. The van der Waals surface area contributed by atoms with Crippen molar-refractivity contribution in [3.05, 3.63) is 35.3 Å². The normalized spacial score (nSPS) is 15.7. The van der Waals surface area contributed by atoms with Gasteiger partial charge in [0.2, 0.25) is 11.7 Å². The van der Waals surface area contributed by atoms with Crippen molar-refractivity contribution >= 4 is 11.9 Å². The van der Waals surface area contributed by atoms with Crippen molar-refractivity contribution in [2.75, 3.05) is 33.8 Å². The molecule has 0 aliphatic carbocycles. The van der Waals surface area contributed by atoms with Gasteiger partial charge >= 0.3 is 5.97 Å². The Morgan fingerprint density at radius 1 is 1.15 bits per heavy atom. The number of hydrogen-bond donors (Lipinski definition) is 1. The number of rotatable bonds is 6. The average Bonchev–Trinajstić information content (AvgIpc) is 3.18. The fourth-order valence-electron chi connectivity index (χ4n) is 3.27. The molecule has 144 valence electrons. The number of carbonyl (C=O) groups excluding carboxylic acids is 1. The maximum Gasteiger partial charge on any atom is 0.338 e. The topological polar surface area (TPSA) is 96.7 Å². The van der Waals surface area contributed by atoms with Crippen LogP contribution >= 0.6 is 0 Å². The molecule has 0 fully saturated rings. The summed E-state index contributed by atoms with van der Waals surface area (Å²) in [5.41, 5.74) is 1.82. The molecular formula is C18H22N4O5. The largest absolute Gasteiger partial charge is 0.493 e. The number of ether oxygens (including phenoxy) is 4. The Labute approximate surface area is 156 Å². The quantitative estimate of drug-likeness (QED) is 0.769. The van der Waals surface area contributed by atoms with Gasteiger partial charge in [0.1, 0.15) is 12.4 Å². The number of benzene rings is 1. The highest BCUT2D eigenvalue weighted by atomic mass is 16.5. The minimum absolute atomic E-state index is 0.431. The van der Waals surface area contributed by atoms with E-state index in [0.29, 0.717) is 46.5 Å². The number of fused-ring (bicyclic) bond motifs is 1. The van der Waals surface area contributed by atoms with E-state index < -0.39 is 12.0 Å². The lowest BCUT2D eigenvalue weighted by atomic mass is 9.93. The zero-order chi connectivity index (χ0) is 19.6. The van der Waals surface area contributed by atoms with Gasteiger partial charge in [0.25, 0.3) is 0 Å². The first-order valence-corrected chi connectivity index (χ1v) is 8.37. The van der Waals surface area contributed by atoms with Crippen molar-refractivity contribution in [3.8, 4) is 17.2 Å². The van der Waals surface area contributed by atoms with Crippen LogP contribution in [0.1, 0.15) is 24.9 Å². The molecule has 0 unspecified atom stereocenters. The van der Waals surface area contributed by atoms with Gasteiger partial charge in [-0.2, -0.15) is 10.1 Å². The molecule has 0 spiro atoms. The summed E-state index contributed by atoms with van der Waals surface area (Å²) in [7, 11) is 5.96. The van der Waals surface area contributed by atoms with E-state index in [1.807, 2.05) is 13.0 Å². The molecule has 1 aliphatic rings. The molecule has 0 radical (unpaired) electrons. The first kappa shape index (κ1) is 18.6. The molecule has 1 aromatic carbocycles. The molecule has 2 aromatic rings. The summed E-state index contributed by atoms with van der Waals surface area (Å²) < 4.78 is 23.1. The lowest BCUT2D eigenvalue weighted by molar-refractivity contribution is -0.136. The SMILES string of the molecule is CCC1=C(C(=O)OC)[C@H](c2ccc(OC)c(OC)c2OC)n2ncnc2N1. The number of allylic oxidation sites excluding steroid dienone is 1. The third kappa shape index (κ3) is 2.94.